The number of hydrogen-bond acceptors (Lipinski definition) is 3. The van der Waals surface area contributed by atoms with Gasteiger partial charge in [0.15, 0.2) is 0 Å². The van der Waals surface area contributed by atoms with Gasteiger partial charge in [-0.1, -0.05) is 6.07 Å². The summed E-state index contributed by atoms with van der Waals surface area (Å²) in [5.41, 5.74) is 2.48. The molecule has 0 bridgehead atoms. The Hall–Kier alpha value is -1.13. The zero-order valence-electron chi connectivity index (χ0n) is 9.07. The molecule has 1 saturated heterocycles. The van der Waals surface area contributed by atoms with E-state index in [1.165, 1.54) is 23.4 Å². The first-order chi connectivity index (χ1) is 7.95. The molecule has 84 valence electrons. The van der Waals surface area contributed by atoms with Crippen molar-refractivity contribution < 1.29 is 0 Å². The zero-order valence-corrected chi connectivity index (χ0v) is 9.89. The van der Waals surface area contributed by atoms with Gasteiger partial charge in [0.25, 0.3) is 0 Å². The lowest BCUT2D eigenvalue weighted by Gasteiger charge is -2.22. The molecular formula is C12H15N3S. The summed E-state index contributed by atoms with van der Waals surface area (Å²) >= 11 is 1.76. The van der Waals surface area contributed by atoms with E-state index in [1.54, 1.807) is 11.3 Å². The molecule has 0 spiro atoms. The summed E-state index contributed by atoms with van der Waals surface area (Å²) in [6.07, 6.45) is 4.24. The Balaban J connectivity index is 1.92. The van der Waals surface area contributed by atoms with Crippen molar-refractivity contribution in [3.05, 3.63) is 29.5 Å². The van der Waals surface area contributed by atoms with E-state index in [4.69, 9.17) is 0 Å². The Morgan fingerprint density at radius 2 is 2.19 bits per heavy atom. The summed E-state index contributed by atoms with van der Waals surface area (Å²) in [5.74, 6) is 0.640. The highest BCUT2D eigenvalue weighted by Gasteiger charge is 2.21. The molecule has 1 fully saturated rings. The number of rotatable bonds is 2. The molecule has 2 aromatic heterocycles. The maximum Gasteiger partial charge on any atom is 0.101 e. The van der Waals surface area contributed by atoms with Crippen LogP contribution < -0.4 is 5.32 Å². The van der Waals surface area contributed by atoms with Crippen LogP contribution in [0.3, 0.4) is 0 Å². The molecule has 2 aromatic rings. The van der Waals surface area contributed by atoms with Gasteiger partial charge < -0.3 is 10.3 Å². The zero-order chi connectivity index (χ0) is 10.8. The molecule has 0 amide bonds. The van der Waals surface area contributed by atoms with Crippen LogP contribution in [0.1, 0.15) is 24.5 Å². The topological polar surface area (TPSA) is 40.7 Å². The Morgan fingerprint density at radius 3 is 2.94 bits per heavy atom. The molecule has 1 aliphatic rings. The number of aromatic nitrogens is 2. The lowest BCUT2D eigenvalue weighted by Crippen LogP contribution is -2.27. The molecule has 3 rings (SSSR count). The third kappa shape index (κ3) is 1.79. The van der Waals surface area contributed by atoms with Crippen molar-refractivity contribution in [1.82, 2.24) is 15.3 Å². The van der Waals surface area contributed by atoms with Crippen LogP contribution >= 0.6 is 11.3 Å². The van der Waals surface area contributed by atoms with Crippen molar-refractivity contribution in [3.8, 4) is 10.6 Å². The second-order valence-corrected chi connectivity index (χ2v) is 5.11. The highest BCUT2D eigenvalue weighted by molar-refractivity contribution is 7.13. The molecule has 2 N–H and O–H groups in total. The maximum atomic E-state index is 4.47. The molecule has 0 saturated carbocycles. The molecular weight excluding hydrogens is 218 g/mol. The Labute approximate surface area is 98.9 Å². The first-order valence-electron chi connectivity index (χ1n) is 5.73. The van der Waals surface area contributed by atoms with E-state index in [2.05, 4.69) is 32.8 Å². The Bertz CT molecular complexity index is 441. The molecule has 3 heterocycles. The average Bonchev–Trinajstić information content (AvgIpc) is 3.01. The number of piperidine rings is 1. The van der Waals surface area contributed by atoms with Gasteiger partial charge in [0.2, 0.25) is 0 Å². The minimum absolute atomic E-state index is 0.640. The molecule has 0 aliphatic carbocycles. The van der Waals surface area contributed by atoms with E-state index in [9.17, 15) is 0 Å². The summed E-state index contributed by atoms with van der Waals surface area (Å²) in [4.78, 5) is 9.07. The Kier molecular flexibility index (Phi) is 2.76. The molecule has 16 heavy (non-hydrogen) atoms. The van der Waals surface area contributed by atoms with Gasteiger partial charge in [0.1, 0.15) is 5.69 Å². The van der Waals surface area contributed by atoms with Crippen LogP contribution in [0, 0.1) is 0 Å². The van der Waals surface area contributed by atoms with Gasteiger partial charge in [0.05, 0.1) is 11.2 Å². The molecule has 3 nitrogen and oxygen atoms in total. The number of imidazole rings is 1. The van der Waals surface area contributed by atoms with E-state index in [1.807, 2.05) is 6.33 Å². The number of hydrogen-bond donors (Lipinski definition) is 2. The standard InChI is InChI=1S/C12H15N3S/c1-2-10(16-7-1)12-11(14-8-15-12)9-3-5-13-6-4-9/h1-2,7-9,13H,3-6H2,(H,14,15). The van der Waals surface area contributed by atoms with E-state index in [0.29, 0.717) is 5.92 Å². The smallest absolute Gasteiger partial charge is 0.101 e. The fourth-order valence-corrected chi connectivity index (χ4v) is 3.07. The number of H-pyrrole nitrogens is 1. The number of nitrogens with zero attached hydrogens (tertiary/aromatic N) is 1. The largest absolute Gasteiger partial charge is 0.348 e. The van der Waals surface area contributed by atoms with E-state index < -0.39 is 0 Å². The minimum atomic E-state index is 0.640. The van der Waals surface area contributed by atoms with Gasteiger partial charge in [-0.25, -0.2) is 4.98 Å². The predicted octanol–water partition coefficient (Wildman–Crippen LogP) is 2.61. The average molecular weight is 233 g/mol. The van der Waals surface area contributed by atoms with Crippen molar-refractivity contribution in [2.45, 2.75) is 18.8 Å². The lowest BCUT2D eigenvalue weighted by molar-refractivity contribution is 0.455. The SMILES string of the molecule is c1csc(-c2nc[nH]c2C2CCNCC2)c1. The summed E-state index contributed by atoms with van der Waals surface area (Å²) in [6.45, 7) is 2.24. The fraction of sp³-hybridized carbons (Fsp3) is 0.417. The van der Waals surface area contributed by atoms with Gasteiger partial charge in [-0.3, -0.25) is 0 Å². The fourth-order valence-electron chi connectivity index (χ4n) is 2.34. The van der Waals surface area contributed by atoms with Gasteiger partial charge >= 0.3 is 0 Å². The van der Waals surface area contributed by atoms with Gasteiger partial charge in [-0.05, 0) is 37.4 Å². The molecule has 0 unspecified atom stereocenters. The summed E-state index contributed by atoms with van der Waals surface area (Å²) in [6, 6.07) is 4.23. The molecule has 0 radical (unpaired) electrons. The van der Waals surface area contributed by atoms with Crippen molar-refractivity contribution >= 4 is 11.3 Å². The van der Waals surface area contributed by atoms with Crippen LogP contribution in [-0.2, 0) is 0 Å². The third-order valence-corrected chi connectivity index (χ3v) is 4.05. The van der Waals surface area contributed by atoms with E-state index in [-0.39, 0.29) is 0 Å². The van der Waals surface area contributed by atoms with Crippen LogP contribution in [0.15, 0.2) is 23.8 Å². The van der Waals surface area contributed by atoms with Crippen molar-refractivity contribution in [2.75, 3.05) is 13.1 Å². The second-order valence-electron chi connectivity index (χ2n) is 4.17. The quantitative estimate of drug-likeness (QED) is 0.837. The molecule has 0 atom stereocenters. The normalized spacial score (nSPS) is 17.8. The Morgan fingerprint density at radius 1 is 1.31 bits per heavy atom. The van der Waals surface area contributed by atoms with E-state index in [0.717, 1.165) is 18.8 Å². The summed E-state index contributed by atoms with van der Waals surface area (Å²) < 4.78 is 0. The van der Waals surface area contributed by atoms with Gasteiger partial charge in [-0.15, -0.1) is 11.3 Å². The van der Waals surface area contributed by atoms with E-state index >= 15 is 0 Å². The second kappa shape index (κ2) is 4.39. The lowest BCUT2D eigenvalue weighted by atomic mass is 9.93. The summed E-state index contributed by atoms with van der Waals surface area (Å²) in [7, 11) is 0. The predicted molar refractivity (Wildman–Crippen MR) is 66.7 cm³/mol. The molecule has 0 aromatic carbocycles. The van der Waals surface area contributed by atoms with Crippen molar-refractivity contribution in [2.24, 2.45) is 0 Å². The van der Waals surface area contributed by atoms with Crippen molar-refractivity contribution in [1.29, 1.82) is 0 Å². The van der Waals surface area contributed by atoms with Crippen molar-refractivity contribution in [3.63, 3.8) is 0 Å². The van der Waals surface area contributed by atoms with Crippen LogP contribution in [0.5, 0.6) is 0 Å². The maximum absolute atomic E-state index is 4.47. The van der Waals surface area contributed by atoms with Gasteiger partial charge in [0, 0.05) is 11.6 Å². The molecule has 4 heteroatoms. The van der Waals surface area contributed by atoms with Crippen LogP contribution in [-0.4, -0.2) is 23.1 Å². The van der Waals surface area contributed by atoms with Crippen LogP contribution in [0.2, 0.25) is 0 Å². The first kappa shape index (κ1) is 10.1. The first-order valence-corrected chi connectivity index (χ1v) is 6.61. The molecule has 1 aliphatic heterocycles. The monoisotopic (exact) mass is 233 g/mol. The summed E-state index contributed by atoms with van der Waals surface area (Å²) in [5, 5.41) is 5.51. The minimum Gasteiger partial charge on any atom is -0.348 e. The van der Waals surface area contributed by atoms with Gasteiger partial charge in [-0.2, -0.15) is 0 Å². The number of thiophene rings is 1. The number of nitrogens with one attached hydrogen (secondary N) is 2. The number of aromatic amines is 1. The highest BCUT2D eigenvalue weighted by Crippen LogP contribution is 2.33. The van der Waals surface area contributed by atoms with Crippen LogP contribution in [0.25, 0.3) is 10.6 Å². The highest BCUT2D eigenvalue weighted by atomic mass is 32.1. The third-order valence-electron chi connectivity index (χ3n) is 3.17. The van der Waals surface area contributed by atoms with Crippen LogP contribution in [0.4, 0.5) is 0 Å².